The maximum atomic E-state index is 11.9. The van der Waals surface area contributed by atoms with Gasteiger partial charge in [-0.2, -0.15) is 0 Å². The van der Waals surface area contributed by atoms with Crippen LogP contribution in [0.25, 0.3) is 5.57 Å². The second-order valence-electron chi connectivity index (χ2n) is 6.45. The van der Waals surface area contributed by atoms with E-state index in [0.29, 0.717) is 17.5 Å². The molecule has 3 rings (SSSR count). The second kappa shape index (κ2) is 6.67. The molecule has 0 fully saturated rings. The maximum Gasteiger partial charge on any atom is 0.342 e. The molecule has 0 saturated heterocycles. The van der Waals surface area contributed by atoms with Gasteiger partial charge in [-0.25, -0.2) is 9.59 Å². The number of ether oxygens (including phenoxy) is 1. The lowest BCUT2D eigenvalue weighted by atomic mass is 9.90. The van der Waals surface area contributed by atoms with Crippen LogP contribution >= 0.6 is 0 Å². The van der Waals surface area contributed by atoms with Crippen LogP contribution in [0.5, 0.6) is 5.75 Å². The lowest BCUT2D eigenvalue weighted by molar-refractivity contribution is 0.0532. The highest BCUT2D eigenvalue weighted by atomic mass is 16.5. The number of carboxylic acid groups (broad SMARTS) is 1. The number of rotatable bonds is 4. The van der Waals surface area contributed by atoms with Crippen LogP contribution < -0.4 is 0 Å². The molecule has 0 unspecified atom stereocenters. The quantitative estimate of drug-likeness (QED) is 0.812. The number of phenolic OH excluding ortho intramolecular Hbond substituents is 1. The summed E-state index contributed by atoms with van der Waals surface area (Å²) in [6.45, 7) is 5.84. The maximum absolute atomic E-state index is 11.9. The highest BCUT2D eigenvalue weighted by molar-refractivity contribution is 5.97. The molecule has 0 aromatic heterocycles. The van der Waals surface area contributed by atoms with Gasteiger partial charge in [-0.15, -0.1) is 0 Å². The fourth-order valence-electron chi connectivity index (χ4n) is 3.35. The van der Waals surface area contributed by atoms with E-state index in [1.165, 1.54) is 0 Å². The van der Waals surface area contributed by atoms with Crippen LogP contribution in [-0.2, 0) is 17.8 Å². The minimum Gasteiger partial charge on any atom is -0.507 e. The van der Waals surface area contributed by atoms with Gasteiger partial charge in [0.25, 0.3) is 0 Å². The Kier molecular flexibility index (Phi) is 4.55. The Morgan fingerprint density at radius 1 is 1.19 bits per heavy atom. The van der Waals surface area contributed by atoms with Gasteiger partial charge in [0.2, 0.25) is 0 Å². The number of hydrogen-bond donors (Lipinski definition) is 2. The lowest BCUT2D eigenvalue weighted by Gasteiger charge is -2.14. The van der Waals surface area contributed by atoms with Gasteiger partial charge in [0.15, 0.2) is 0 Å². The Labute approximate surface area is 151 Å². The van der Waals surface area contributed by atoms with Crippen LogP contribution in [0.4, 0.5) is 0 Å². The van der Waals surface area contributed by atoms with Crippen molar-refractivity contribution in [3.63, 3.8) is 0 Å². The van der Waals surface area contributed by atoms with Gasteiger partial charge in [0.05, 0.1) is 5.56 Å². The molecule has 0 bridgehead atoms. The van der Waals surface area contributed by atoms with Gasteiger partial charge in [0, 0.05) is 11.1 Å². The molecule has 2 aromatic rings. The predicted octanol–water partition coefficient (Wildman–Crippen LogP) is 4.02. The summed E-state index contributed by atoms with van der Waals surface area (Å²) in [5.74, 6) is -1.52. The Hall–Kier alpha value is -3.08. The minimum absolute atomic E-state index is 0.0406. The number of carboxylic acids is 1. The number of hydrogen-bond acceptors (Lipinski definition) is 4. The van der Waals surface area contributed by atoms with Crippen LogP contribution in [-0.4, -0.2) is 22.2 Å². The molecule has 0 amide bonds. The third-order valence-corrected chi connectivity index (χ3v) is 5.04. The first-order valence-electron chi connectivity index (χ1n) is 8.33. The summed E-state index contributed by atoms with van der Waals surface area (Å²) in [6, 6.07) is 6.80. The highest BCUT2D eigenvalue weighted by Crippen LogP contribution is 2.37. The second-order valence-corrected chi connectivity index (χ2v) is 6.45. The van der Waals surface area contributed by atoms with E-state index in [1.54, 1.807) is 24.3 Å². The number of aromatic hydroxyl groups is 1. The molecule has 0 aliphatic carbocycles. The topological polar surface area (TPSA) is 83.8 Å². The van der Waals surface area contributed by atoms with E-state index in [1.807, 2.05) is 26.8 Å². The number of carbonyl (C=O) groups excluding carboxylic acids is 1. The van der Waals surface area contributed by atoms with Crippen molar-refractivity contribution in [2.45, 2.75) is 33.8 Å². The number of carbonyl (C=O) groups is 2. The van der Waals surface area contributed by atoms with Gasteiger partial charge < -0.3 is 14.9 Å². The van der Waals surface area contributed by atoms with E-state index >= 15 is 0 Å². The number of cyclic esters (lactones) is 1. The van der Waals surface area contributed by atoms with Crippen molar-refractivity contribution < 1.29 is 24.5 Å². The number of fused-ring (bicyclic) bond motifs is 1. The summed E-state index contributed by atoms with van der Waals surface area (Å²) in [5, 5.41) is 19.9. The zero-order valence-corrected chi connectivity index (χ0v) is 14.9. The Morgan fingerprint density at radius 2 is 1.85 bits per heavy atom. The standard InChI is InChI=1S/C21H20O5/c1-11(14-6-4-5-7-16(14)20(23)24)8-9-15-12(2)13(3)17-10-26-21(25)18(17)19(15)22/h4-8,22H,9-10H2,1-3H3,(H,23,24). The van der Waals surface area contributed by atoms with Crippen LogP contribution in [0.1, 0.15) is 55.5 Å². The molecular weight excluding hydrogens is 332 g/mol. The molecule has 1 heterocycles. The molecule has 0 spiro atoms. The minimum atomic E-state index is -0.983. The Balaban J connectivity index is 2.02. The summed E-state index contributed by atoms with van der Waals surface area (Å²) >= 11 is 0. The molecule has 1 aliphatic rings. The smallest absolute Gasteiger partial charge is 0.342 e. The molecule has 0 atom stereocenters. The summed E-state index contributed by atoms with van der Waals surface area (Å²) in [4.78, 5) is 23.3. The first-order chi connectivity index (χ1) is 12.3. The molecule has 1 aliphatic heterocycles. The average molecular weight is 352 g/mol. The summed E-state index contributed by atoms with van der Waals surface area (Å²) in [5.41, 5.74) is 5.16. The zero-order chi connectivity index (χ0) is 19.0. The van der Waals surface area contributed by atoms with Crippen molar-refractivity contribution >= 4 is 17.5 Å². The molecule has 5 nitrogen and oxygen atoms in total. The summed E-state index contributed by atoms with van der Waals surface area (Å²) in [7, 11) is 0. The van der Waals surface area contributed by atoms with Gasteiger partial charge in [-0.05, 0) is 55.5 Å². The highest BCUT2D eigenvalue weighted by Gasteiger charge is 2.30. The molecule has 2 N–H and O–H groups in total. The largest absolute Gasteiger partial charge is 0.507 e. The SMILES string of the molecule is CC(=CCc1c(C)c(C)c2c(c1O)C(=O)OC2)c1ccccc1C(=O)O. The van der Waals surface area contributed by atoms with Gasteiger partial charge in [-0.1, -0.05) is 24.3 Å². The first kappa shape index (κ1) is 17.7. The van der Waals surface area contributed by atoms with Crippen molar-refractivity contribution in [2.75, 3.05) is 0 Å². The van der Waals surface area contributed by atoms with Crippen LogP contribution in [0.2, 0.25) is 0 Å². The molecule has 2 aromatic carbocycles. The molecule has 26 heavy (non-hydrogen) atoms. The van der Waals surface area contributed by atoms with Crippen LogP contribution in [0.3, 0.4) is 0 Å². The zero-order valence-electron chi connectivity index (χ0n) is 14.9. The van der Waals surface area contributed by atoms with Crippen LogP contribution in [0.15, 0.2) is 30.3 Å². The van der Waals surface area contributed by atoms with E-state index in [2.05, 4.69) is 0 Å². The fraction of sp³-hybridized carbons (Fsp3) is 0.238. The number of benzene rings is 2. The Morgan fingerprint density at radius 3 is 2.50 bits per heavy atom. The van der Waals surface area contributed by atoms with Crippen molar-refractivity contribution in [2.24, 2.45) is 0 Å². The average Bonchev–Trinajstić information content (AvgIpc) is 3.01. The monoisotopic (exact) mass is 352 g/mol. The number of esters is 1. The van der Waals surface area contributed by atoms with Gasteiger partial charge >= 0.3 is 11.9 Å². The fourth-order valence-corrected chi connectivity index (χ4v) is 3.35. The van der Waals surface area contributed by atoms with Crippen molar-refractivity contribution in [1.82, 2.24) is 0 Å². The van der Waals surface area contributed by atoms with E-state index < -0.39 is 11.9 Å². The van der Waals surface area contributed by atoms with Crippen molar-refractivity contribution in [3.05, 3.63) is 69.3 Å². The van der Waals surface area contributed by atoms with Crippen LogP contribution in [0, 0.1) is 13.8 Å². The number of aromatic carboxylic acids is 1. The lowest BCUT2D eigenvalue weighted by Crippen LogP contribution is -2.03. The van der Waals surface area contributed by atoms with Gasteiger partial charge in [-0.3, -0.25) is 0 Å². The van der Waals surface area contributed by atoms with Gasteiger partial charge in [0.1, 0.15) is 17.9 Å². The van der Waals surface area contributed by atoms with E-state index in [4.69, 9.17) is 4.74 Å². The summed E-state index contributed by atoms with van der Waals surface area (Å²) < 4.78 is 5.05. The third-order valence-electron chi connectivity index (χ3n) is 5.04. The summed E-state index contributed by atoms with van der Waals surface area (Å²) in [6.07, 6.45) is 2.26. The van der Waals surface area contributed by atoms with Crippen molar-refractivity contribution in [3.8, 4) is 5.75 Å². The van der Waals surface area contributed by atoms with Crippen molar-refractivity contribution in [1.29, 1.82) is 0 Å². The predicted molar refractivity (Wildman–Crippen MR) is 97.5 cm³/mol. The molecule has 0 saturated carbocycles. The van der Waals surface area contributed by atoms with E-state index in [-0.39, 0.29) is 23.5 Å². The molecule has 0 radical (unpaired) electrons. The first-order valence-corrected chi connectivity index (χ1v) is 8.33. The van der Waals surface area contributed by atoms with E-state index in [9.17, 15) is 19.8 Å². The molecule has 134 valence electrons. The third kappa shape index (κ3) is 2.86. The Bertz CT molecular complexity index is 953. The number of phenols is 1. The normalized spacial score (nSPS) is 13.5. The number of allylic oxidation sites excluding steroid dienone is 2. The molecular formula is C21H20O5. The molecule has 5 heteroatoms. The van der Waals surface area contributed by atoms with E-state index in [0.717, 1.165) is 22.3 Å².